The first kappa shape index (κ1) is 28.8. The van der Waals surface area contributed by atoms with Gasteiger partial charge in [0.1, 0.15) is 5.76 Å². The quantitative estimate of drug-likeness (QED) is 0.238. The molecule has 2 saturated heterocycles. The van der Waals surface area contributed by atoms with Crippen molar-refractivity contribution in [3.63, 3.8) is 0 Å². The van der Waals surface area contributed by atoms with E-state index in [1.54, 1.807) is 12.3 Å². The van der Waals surface area contributed by atoms with Gasteiger partial charge in [0.15, 0.2) is 11.6 Å². The van der Waals surface area contributed by atoms with Crippen LogP contribution in [0.2, 0.25) is 0 Å². The number of rotatable bonds is 8. The maximum Gasteiger partial charge on any atom is 0.261 e. The number of aryl methyl sites for hydroxylation is 2. The van der Waals surface area contributed by atoms with Crippen molar-refractivity contribution in [1.29, 1.82) is 0 Å². The number of aromatic nitrogens is 2. The number of carbonyl (C=O) groups is 2. The second kappa shape index (κ2) is 11.9. The lowest BCUT2D eigenvalue weighted by molar-refractivity contribution is 0.0639. The predicted molar refractivity (Wildman–Crippen MR) is 160 cm³/mol. The normalized spacial score (nSPS) is 18.1. The summed E-state index contributed by atoms with van der Waals surface area (Å²) >= 11 is 1.27. The summed E-state index contributed by atoms with van der Waals surface area (Å²) in [5.74, 6) is -0.719. The van der Waals surface area contributed by atoms with Crippen LogP contribution in [0.4, 0.5) is 8.78 Å². The van der Waals surface area contributed by atoms with Crippen molar-refractivity contribution in [2.24, 2.45) is 5.92 Å². The van der Waals surface area contributed by atoms with E-state index >= 15 is 0 Å². The summed E-state index contributed by atoms with van der Waals surface area (Å²) in [7, 11) is 0. The van der Waals surface area contributed by atoms with Crippen molar-refractivity contribution >= 4 is 23.2 Å². The van der Waals surface area contributed by atoms with Crippen LogP contribution in [-0.2, 0) is 17.7 Å². The second-order valence-electron chi connectivity index (χ2n) is 11.7. The number of carbonyl (C=O) groups excluding carboxylic acids is 2. The molecule has 11 heteroatoms. The van der Waals surface area contributed by atoms with E-state index < -0.39 is 11.6 Å². The Morgan fingerprint density at radius 2 is 1.93 bits per heavy atom. The van der Waals surface area contributed by atoms with E-state index in [4.69, 9.17) is 14.1 Å². The molecule has 0 bridgehead atoms. The van der Waals surface area contributed by atoms with Crippen LogP contribution in [0.5, 0.6) is 0 Å². The molecule has 8 nitrogen and oxygen atoms in total. The van der Waals surface area contributed by atoms with Crippen molar-refractivity contribution in [1.82, 2.24) is 20.2 Å². The van der Waals surface area contributed by atoms with Crippen LogP contribution in [0.15, 0.2) is 40.9 Å². The fraction of sp³-hybridized carbons (Fsp3) is 0.394. The minimum absolute atomic E-state index is 0.0419. The van der Waals surface area contributed by atoms with Gasteiger partial charge in [-0.1, -0.05) is 6.07 Å². The Morgan fingerprint density at radius 3 is 2.70 bits per heavy atom. The third-order valence-electron chi connectivity index (χ3n) is 8.82. The maximum atomic E-state index is 13.9. The molecule has 2 fully saturated rings. The summed E-state index contributed by atoms with van der Waals surface area (Å²) in [6.45, 7) is 4.09. The van der Waals surface area contributed by atoms with Gasteiger partial charge in [0.2, 0.25) is 5.89 Å². The van der Waals surface area contributed by atoms with Gasteiger partial charge in [0.25, 0.3) is 11.8 Å². The Kier molecular flexibility index (Phi) is 7.75. The first-order valence-corrected chi connectivity index (χ1v) is 15.9. The van der Waals surface area contributed by atoms with E-state index in [1.165, 1.54) is 17.4 Å². The third kappa shape index (κ3) is 5.32. The number of hydrogen-bond donors (Lipinski definition) is 1. The summed E-state index contributed by atoms with van der Waals surface area (Å²) in [5.41, 5.74) is 4.08. The highest BCUT2D eigenvalue weighted by atomic mass is 32.1. The third-order valence-corrected chi connectivity index (χ3v) is 9.92. The summed E-state index contributed by atoms with van der Waals surface area (Å²) in [4.78, 5) is 40.0. The van der Waals surface area contributed by atoms with Gasteiger partial charge in [0, 0.05) is 36.7 Å². The number of fused-ring (bicyclic) bond motifs is 3. The van der Waals surface area contributed by atoms with E-state index in [-0.39, 0.29) is 24.4 Å². The summed E-state index contributed by atoms with van der Waals surface area (Å²) in [6, 6.07) is 7.06. The number of nitrogens with zero attached hydrogens (tertiary/aromatic N) is 3. The van der Waals surface area contributed by atoms with E-state index in [1.807, 2.05) is 17.9 Å². The average molecular weight is 619 g/mol. The smallest absolute Gasteiger partial charge is 0.261 e. The van der Waals surface area contributed by atoms with Gasteiger partial charge in [0.05, 0.1) is 39.6 Å². The van der Waals surface area contributed by atoms with Crippen molar-refractivity contribution in [3.05, 3.63) is 81.3 Å². The SMILES string of the molecule is Cc1cnc(-c2c(CCC3CCOCC3)nc3c(c2-c2ccc(C(=O)NCc4ccc(F)c(F)c4)s2)C(=O)N2CCC[C@@H]32)o1. The fourth-order valence-corrected chi connectivity index (χ4v) is 7.55. The molecule has 3 aliphatic rings. The van der Waals surface area contributed by atoms with Crippen LogP contribution in [0.3, 0.4) is 0 Å². The molecule has 4 aromatic rings. The number of halogens is 2. The van der Waals surface area contributed by atoms with E-state index in [9.17, 15) is 18.4 Å². The monoisotopic (exact) mass is 618 g/mol. The zero-order valence-electron chi connectivity index (χ0n) is 24.3. The van der Waals surface area contributed by atoms with Crippen LogP contribution in [0.1, 0.15) is 80.9 Å². The number of thiophene rings is 1. The molecule has 6 heterocycles. The molecular weight excluding hydrogens is 586 g/mol. The molecule has 2 amide bonds. The molecule has 1 atom stereocenters. The topological polar surface area (TPSA) is 97.6 Å². The first-order valence-electron chi connectivity index (χ1n) is 15.1. The highest BCUT2D eigenvalue weighted by Crippen LogP contribution is 2.49. The number of oxazole rings is 1. The van der Waals surface area contributed by atoms with Crippen LogP contribution >= 0.6 is 11.3 Å². The van der Waals surface area contributed by atoms with Crippen LogP contribution < -0.4 is 5.32 Å². The summed E-state index contributed by atoms with van der Waals surface area (Å²) < 4.78 is 38.7. The second-order valence-corrected chi connectivity index (χ2v) is 12.8. The molecule has 0 spiro atoms. The number of hydrogen-bond acceptors (Lipinski definition) is 7. The molecule has 1 N–H and O–H groups in total. The molecule has 0 radical (unpaired) electrons. The van der Waals surface area contributed by atoms with Gasteiger partial charge >= 0.3 is 0 Å². The Labute approximate surface area is 257 Å². The van der Waals surface area contributed by atoms with Crippen molar-refractivity contribution in [3.8, 4) is 21.9 Å². The van der Waals surface area contributed by atoms with Crippen molar-refractivity contribution in [2.75, 3.05) is 19.8 Å². The lowest BCUT2D eigenvalue weighted by Crippen LogP contribution is -2.23. The lowest BCUT2D eigenvalue weighted by Gasteiger charge is -2.22. The summed E-state index contributed by atoms with van der Waals surface area (Å²) in [6.07, 6.45) is 7.13. The van der Waals surface area contributed by atoms with E-state index in [0.717, 1.165) is 73.7 Å². The predicted octanol–water partition coefficient (Wildman–Crippen LogP) is 6.63. The summed E-state index contributed by atoms with van der Waals surface area (Å²) in [5, 5.41) is 2.79. The lowest BCUT2D eigenvalue weighted by atomic mass is 9.90. The van der Waals surface area contributed by atoms with Gasteiger partial charge in [-0.15, -0.1) is 11.3 Å². The molecule has 228 valence electrons. The Balaban J connectivity index is 1.29. The highest BCUT2D eigenvalue weighted by molar-refractivity contribution is 7.17. The maximum absolute atomic E-state index is 13.9. The number of benzene rings is 1. The number of nitrogens with one attached hydrogen (secondary N) is 1. The fourth-order valence-electron chi connectivity index (χ4n) is 6.57. The van der Waals surface area contributed by atoms with Crippen LogP contribution in [-0.4, -0.2) is 46.4 Å². The number of pyridine rings is 1. The first-order chi connectivity index (χ1) is 21.4. The minimum Gasteiger partial charge on any atom is -0.441 e. The zero-order chi connectivity index (χ0) is 30.4. The molecule has 0 unspecified atom stereocenters. The number of amides is 2. The average Bonchev–Trinajstić information content (AvgIpc) is 3.84. The van der Waals surface area contributed by atoms with Gasteiger partial charge in [-0.2, -0.15) is 0 Å². The molecule has 3 aromatic heterocycles. The Hall–Kier alpha value is -3.96. The number of ether oxygens (including phenoxy) is 1. The standard InChI is InChI=1S/C33H32F2N4O4S/c1-18-16-37-32(43-18)27-23(7-5-19-10-13-42-14-11-19)38-30-24-3-2-12-39(24)33(41)29(30)28(27)25-8-9-26(44-25)31(40)36-17-20-4-6-21(34)22(35)15-20/h4,6,8-9,15-16,19,24H,2-3,5,7,10-14,17H2,1H3,(H,36,40)/t24-/m0/s1. The molecule has 44 heavy (non-hydrogen) atoms. The van der Waals surface area contributed by atoms with Crippen molar-refractivity contribution in [2.45, 2.75) is 58.0 Å². The van der Waals surface area contributed by atoms with Gasteiger partial charge in [-0.3, -0.25) is 14.6 Å². The zero-order valence-corrected chi connectivity index (χ0v) is 25.1. The molecule has 1 aromatic carbocycles. The van der Waals surface area contributed by atoms with Crippen molar-refractivity contribution < 1.29 is 27.5 Å². The van der Waals surface area contributed by atoms with E-state index in [0.29, 0.717) is 57.7 Å². The minimum atomic E-state index is -0.964. The van der Waals surface area contributed by atoms with E-state index in [2.05, 4.69) is 10.3 Å². The Bertz CT molecular complexity index is 1750. The largest absolute Gasteiger partial charge is 0.441 e. The van der Waals surface area contributed by atoms with Gasteiger partial charge in [-0.25, -0.2) is 13.8 Å². The molecule has 0 saturated carbocycles. The Morgan fingerprint density at radius 1 is 1.09 bits per heavy atom. The van der Waals surface area contributed by atoms with Gasteiger partial charge < -0.3 is 19.4 Å². The highest BCUT2D eigenvalue weighted by Gasteiger charge is 2.44. The molecular formula is C33H32F2N4O4S. The van der Waals surface area contributed by atoms with Gasteiger partial charge in [-0.05, 0) is 81.2 Å². The van der Waals surface area contributed by atoms with Crippen LogP contribution in [0, 0.1) is 24.5 Å². The molecule has 3 aliphatic heterocycles. The molecule has 0 aliphatic carbocycles. The molecule has 7 rings (SSSR count). The van der Waals surface area contributed by atoms with Crippen LogP contribution in [0.25, 0.3) is 21.9 Å².